The van der Waals surface area contributed by atoms with Crippen LogP contribution in [0.1, 0.15) is 36.1 Å². The summed E-state index contributed by atoms with van der Waals surface area (Å²) in [5.74, 6) is -1.02. The van der Waals surface area contributed by atoms with Crippen LogP contribution in [0.3, 0.4) is 0 Å². The molecule has 2 N–H and O–H groups in total. The third-order valence-electron chi connectivity index (χ3n) is 3.65. The Labute approximate surface area is 159 Å². The van der Waals surface area contributed by atoms with Crippen LogP contribution in [-0.4, -0.2) is 24.9 Å². The van der Waals surface area contributed by atoms with E-state index in [1.54, 1.807) is 43.3 Å². The van der Waals surface area contributed by atoms with Crippen LogP contribution in [0.15, 0.2) is 53.1 Å². The lowest BCUT2D eigenvalue weighted by Gasteiger charge is -2.06. The van der Waals surface area contributed by atoms with E-state index in [2.05, 4.69) is 15.4 Å². The van der Waals surface area contributed by atoms with Gasteiger partial charge in [0.2, 0.25) is 0 Å². The van der Waals surface area contributed by atoms with Crippen LogP contribution >= 0.6 is 11.3 Å². The number of hydrogen-bond donors (Lipinski definition) is 2. The lowest BCUT2D eigenvalue weighted by Crippen LogP contribution is -2.12. The zero-order chi connectivity index (χ0) is 19.4. The van der Waals surface area contributed by atoms with Crippen molar-refractivity contribution < 1.29 is 23.5 Å². The molecule has 8 heteroatoms. The second-order valence-corrected chi connectivity index (χ2v) is 6.63. The smallest absolute Gasteiger partial charge is 0.337 e. The van der Waals surface area contributed by atoms with E-state index in [0.29, 0.717) is 21.1 Å². The molecule has 0 aliphatic heterocycles. The SMILES string of the molecule is COC(=O)c1cccc(NC(=O)c2sc(NC(=O)c3ccco3)cc2C)c1. The van der Waals surface area contributed by atoms with Crippen LogP contribution in [0.4, 0.5) is 10.7 Å². The minimum Gasteiger partial charge on any atom is -0.465 e. The van der Waals surface area contributed by atoms with Crippen LogP contribution in [-0.2, 0) is 4.74 Å². The number of rotatable bonds is 5. The summed E-state index contributed by atoms with van der Waals surface area (Å²) in [6, 6.07) is 11.3. The maximum atomic E-state index is 12.6. The molecule has 2 amide bonds. The lowest BCUT2D eigenvalue weighted by atomic mass is 10.2. The third kappa shape index (κ3) is 4.24. The van der Waals surface area contributed by atoms with Crippen molar-refractivity contribution in [2.24, 2.45) is 0 Å². The highest BCUT2D eigenvalue weighted by atomic mass is 32.1. The van der Waals surface area contributed by atoms with Gasteiger partial charge in [0.25, 0.3) is 11.8 Å². The maximum absolute atomic E-state index is 12.6. The Morgan fingerprint density at radius 1 is 1.04 bits per heavy atom. The number of furan rings is 1. The highest BCUT2D eigenvalue weighted by molar-refractivity contribution is 7.18. The lowest BCUT2D eigenvalue weighted by molar-refractivity contribution is 0.0600. The first-order valence-corrected chi connectivity index (χ1v) is 8.74. The third-order valence-corrected chi connectivity index (χ3v) is 4.80. The van der Waals surface area contributed by atoms with Gasteiger partial charge in [-0.15, -0.1) is 11.3 Å². The molecule has 0 aliphatic carbocycles. The molecule has 27 heavy (non-hydrogen) atoms. The minimum absolute atomic E-state index is 0.187. The molecule has 3 rings (SSSR count). The number of carbonyl (C=O) groups is 3. The Morgan fingerprint density at radius 3 is 2.56 bits per heavy atom. The fraction of sp³-hybridized carbons (Fsp3) is 0.105. The summed E-state index contributed by atoms with van der Waals surface area (Å²) >= 11 is 1.15. The normalized spacial score (nSPS) is 10.3. The van der Waals surface area contributed by atoms with Crippen molar-refractivity contribution in [3.05, 3.63) is 70.5 Å². The predicted molar refractivity (Wildman–Crippen MR) is 101 cm³/mol. The van der Waals surface area contributed by atoms with E-state index in [4.69, 9.17) is 4.42 Å². The quantitative estimate of drug-likeness (QED) is 0.649. The summed E-state index contributed by atoms with van der Waals surface area (Å²) in [7, 11) is 1.29. The number of ether oxygens (including phenoxy) is 1. The zero-order valence-electron chi connectivity index (χ0n) is 14.6. The Bertz CT molecular complexity index is 991. The molecule has 3 aromatic rings. The van der Waals surface area contributed by atoms with E-state index >= 15 is 0 Å². The zero-order valence-corrected chi connectivity index (χ0v) is 15.4. The Hall–Kier alpha value is -3.39. The molecule has 0 fully saturated rings. The molecule has 2 aromatic heterocycles. The molecule has 1 aromatic carbocycles. The van der Waals surface area contributed by atoms with E-state index in [0.717, 1.165) is 16.9 Å². The van der Waals surface area contributed by atoms with Gasteiger partial charge in [-0.3, -0.25) is 9.59 Å². The summed E-state index contributed by atoms with van der Waals surface area (Å²) in [6.45, 7) is 1.78. The summed E-state index contributed by atoms with van der Waals surface area (Å²) in [5, 5.41) is 5.98. The van der Waals surface area contributed by atoms with E-state index in [1.165, 1.54) is 19.4 Å². The van der Waals surface area contributed by atoms with Crippen LogP contribution in [0.2, 0.25) is 0 Å². The first-order valence-electron chi connectivity index (χ1n) is 7.93. The molecule has 0 unspecified atom stereocenters. The van der Waals surface area contributed by atoms with Crippen molar-refractivity contribution in [1.29, 1.82) is 0 Å². The molecule has 138 valence electrons. The summed E-state index contributed by atoms with van der Waals surface area (Å²) < 4.78 is 9.72. The number of anilines is 2. The van der Waals surface area contributed by atoms with E-state index in [-0.39, 0.29) is 17.6 Å². The number of carbonyl (C=O) groups excluding carboxylic acids is 3. The van der Waals surface area contributed by atoms with Gasteiger partial charge in [0.1, 0.15) is 0 Å². The number of thiophene rings is 1. The molecule has 0 aliphatic rings. The second-order valence-electron chi connectivity index (χ2n) is 5.58. The molecule has 2 heterocycles. The van der Waals surface area contributed by atoms with E-state index in [9.17, 15) is 14.4 Å². The first-order chi connectivity index (χ1) is 13.0. The van der Waals surface area contributed by atoms with E-state index < -0.39 is 5.97 Å². The Morgan fingerprint density at radius 2 is 1.85 bits per heavy atom. The number of amides is 2. The van der Waals surface area contributed by atoms with Gasteiger partial charge < -0.3 is 19.8 Å². The van der Waals surface area contributed by atoms with Gasteiger partial charge >= 0.3 is 5.97 Å². The molecule has 0 bridgehead atoms. The van der Waals surface area contributed by atoms with Gasteiger partial charge in [0.05, 0.1) is 28.8 Å². The van der Waals surface area contributed by atoms with Gasteiger partial charge in [-0.25, -0.2) is 4.79 Å². The number of methoxy groups -OCH3 is 1. The molecule has 0 saturated heterocycles. The monoisotopic (exact) mass is 384 g/mol. The number of nitrogens with one attached hydrogen (secondary N) is 2. The standard InChI is InChI=1S/C19H16N2O5S/c1-11-9-15(21-17(22)14-7-4-8-26-14)27-16(11)18(23)20-13-6-3-5-12(10-13)19(24)25-2/h3-10H,1-2H3,(H,20,23)(H,21,22). The van der Waals surface area contributed by atoms with Crippen LogP contribution in [0, 0.1) is 6.92 Å². The highest BCUT2D eigenvalue weighted by Crippen LogP contribution is 2.28. The Kier molecular flexibility index (Phi) is 5.37. The molecular formula is C19H16N2O5S. The van der Waals surface area contributed by atoms with Crippen LogP contribution < -0.4 is 10.6 Å². The van der Waals surface area contributed by atoms with Crippen molar-refractivity contribution >= 4 is 39.8 Å². The topological polar surface area (TPSA) is 97.6 Å². The summed E-state index contributed by atoms with van der Waals surface area (Å²) in [5.41, 5.74) is 1.53. The van der Waals surface area contributed by atoms with Gasteiger partial charge in [-0.2, -0.15) is 0 Å². The number of aryl methyl sites for hydroxylation is 1. The molecule has 7 nitrogen and oxygen atoms in total. The second kappa shape index (κ2) is 7.88. The minimum atomic E-state index is -0.485. The number of hydrogen-bond acceptors (Lipinski definition) is 6. The van der Waals surface area contributed by atoms with Gasteiger partial charge in [0, 0.05) is 5.69 Å². The van der Waals surface area contributed by atoms with Gasteiger partial charge in [0.15, 0.2) is 5.76 Å². The number of benzene rings is 1. The average molecular weight is 384 g/mol. The summed E-state index contributed by atoms with van der Waals surface area (Å²) in [6.07, 6.45) is 1.41. The van der Waals surface area contributed by atoms with Gasteiger partial charge in [-0.1, -0.05) is 6.07 Å². The van der Waals surface area contributed by atoms with Crippen molar-refractivity contribution in [3.63, 3.8) is 0 Å². The van der Waals surface area contributed by atoms with Crippen LogP contribution in [0.25, 0.3) is 0 Å². The number of esters is 1. The van der Waals surface area contributed by atoms with E-state index in [1.807, 2.05) is 0 Å². The molecule has 0 atom stereocenters. The van der Waals surface area contributed by atoms with Crippen molar-refractivity contribution in [1.82, 2.24) is 0 Å². The fourth-order valence-electron chi connectivity index (χ4n) is 2.38. The first kappa shape index (κ1) is 18.4. The molecule has 0 spiro atoms. The summed E-state index contributed by atoms with van der Waals surface area (Å²) in [4.78, 5) is 36.7. The van der Waals surface area contributed by atoms with Crippen molar-refractivity contribution in [2.45, 2.75) is 6.92 Å². The fourth-order valence-corrected chi connectivity index (χ4v) is 3.34. The molecular weight excluding hydrogens is 368 g/mol. The van der Waals surface area contributed by atoms with Crippen LogP contribution in [0.5, 0.6) is 0 Å². The predicted octanol–water partition coefficient (Wildman–Crippen LogP) is 3.94. The van der Waals surface area contributed by atoms with Crippen molar-refractivity contribution in [2.75, 3.05) is 17.7 Å². The highest BCUT2D eigenvalue weighted by Gasteiger charge is 2.17. The van der Waals surface area contributed by atoms with Gasteiger partial charge in [-0.05, 0) is 48.9 Å². The van der Waals surface area contributed by atoms with Crippen molar-refractivity contribution in [3.8, 4) is 0 Å². The molecule has 0 saturated carbocycles. The average Bonchev–Trinajstić information content (AvgIpc) is 3.31. The molecule has 0 radical (unpaired) electrons. The maximum Gasteiger partial charge on any atom is 0.337 e. The Balaban J connectivity index is 1.73. The largest absolute Gasteiger partial charge is 0.465 e.